The second-order valence-electron chi connectivity index (χ2n) is 6.65. The van der Waals surface area contributed by atoms with Crippen molar-refractivity contribution in [3.05, 3.63) is 18.0 Å². The fourth-order valence-electron chi connectivity index (χ4n) is 3.61. The molecule has 9 heteroatoms. The molecular weight excluding hydrogens is 328 g/mol. The molecule has 0 bridgehead atoms. The highest BCUT2D eigenvalue weighted by Gasteiger charge is 2.29. The van der Waals surface area contributed by atoms with Crippen molar-refractivity contribution in [2.45, 2.75) is 31.6 Å². The highest BCUT2D eigenvalue weighted by atomic mass is 32.2. The van der Waals surface area contributed by atoms with E-state index in [0.717, 1.165) is 43.2 Å². The van der Waals surface area contributed by atoms with Crippen LogP contribution in [0.2, 0.25) is 0 Å². The van der Waals surface area contributed by atoms with Gasteiger partial charge in [-0.3, -0.25) is 0 Å². The molecule has 0 saturated carbocycles. The van der Waals surface area contributed by atoms with Crippen LogP contribution in [0.4, 0.5) is 5.82 Å². The Morgan fingerprint density at radius 3 is 2.42 bits per heavy atom. The van der Waals surface area contributed by atoms with E-state index in [1.165, 1.54) is 23.4 Å². The summed E-state index contributed by atoms with van der Waals surface area (Å²) in [6.07, 6.45) is 5.19. The van der Waals surface area contributed by atoms with E-state index in [4.69, 9.17) is 5.10 Å². The minimum Gasteiger partial charge on any atom is -0.355 e. The van der Waals surface area contributed by atoms with Crippen molar-refractivity contribution in [3.63, 3.8) is 0 Å². The molecule has 8 nitrogen and oxygen atoms in total. The van der Waals surface area contributed by atoms with Crippen LogP contribution in [0.25, 0.3) is 5.65 Å². The molecule has 2 aliphatic rings. The van der Waals surface area contributed by atoms with Crippen LogP contribution in [0.5, 0.6) is 0 Å². The molecule has 2 saturated heterocycles. The summed E-state index contributed by atoms with van der Waals surface area (Å²) >= 11 is 0. The highest BCUT2D eigenvalue weighted by Crippen LogP contribution is 2.28. The molecule has 0 unspecified atom stereocenters. The van der Waals surface area contributed by atoms with E-state index >= 15 is 0 Å². The zero-order chi connectivity index (χ0) is 16.7. The lowest BCUT2D eigenvalue weighted by atomic mass is 9.97. The van der Waals surface area contributed by atoms with Crippen LogP contribution >= 0.6 is 0 Å². The minimum absolute atomic E-state index is 0.194. The van der Waals surface area contributed by atoms with E-state index < -0.39 is 10.0 Å². The molecule has 2 fully saturated rings. The van der Waals surface area contributed by atoms with Gasteiger partial charge in [0.2, 0.25) is 10.0 Å². The average molecular weight is 350 g/mol. The lowest BCUT2D eigenvalue weighted by molar-refractivity contribution is 0.313. The topological polar surface area (TPSA) is 83.7 Å². The zero-order valence-corrected chi connectivity index (χ0v) is 14.6. The van der Waals surface area contributed by atoms with Gasteiger partial charge in [0.15, 0.2) is 11.5 Å². The Balaban J connectivity index is 1.59. The maximum atomic E-state index is 11.7. The van der Waals surface area contributed by atoms with E-state index in [-0.39, 0.29) is 5.92 Å². The van der Waals surface area contributed by atoms with Crippen molar-refractivity contribution in [2.24, 2.45) is 0 Å². The molecule has 24 heavy (non-hydrogen) atoms. The molecule has 0 radical (unpaired) electrons. The first kappa shape index (κ1) is 15.8. The molecule has 0 spiro atoms. The molecule has 2 aliphatic heterocycles. The summed E-state index contributed by atoms with van der Waals surface area (Å²) in [5.41, 5.74) is 0.749. The van der Waals surface area contributed by atoms with Gasteiger partial charge >= 0.3 is 0 Å². The zero-order valence-electron chi connectivity index (χ0n) is 13.8. The summed E-state index contributed by atoms with van der Waals surface area (Å²) in [5, 5.41) is 13.3. The number of hydrogen-bond acceptors (Lipinski definition) is 6. The van der Waals surface area contributed by atoms with E-state index in [1.807, 2.05) is 16.6 Å². The number of piperidine rings is 1. The average Bonchev–Trinajstić information content (AvgIpc) is 3.23. The fourth-order valence-corrected chi connectivity index (χ4v) is 4.49. The van der Waals surface area contributed by atoms with Crippen molar-refractivity contribution < 1.29 is 8.42 Å². The van der Waals surface area contributed by atoms with E-state index in [2.05, 4.69) is 15.1 Å². The fraction of sp³-hybridized carbons (Fsp3) is 0.667. The van der Waals surface area contributed by atoms with Crippen molar-refractivity contribution >= 4 is 21.5 Å². The molecule has 4 heterocycles. The lowest BCUT2D eigenvalue weighted by Crippen LogP contribution is -2.37. The van der Waals surface area contributed by atoms with Gasteiger partial charge in [-0.15, -0.1) is 15.3 Å². The summed E-state index contributed by atoms with van der Waals surface area (Å²) in [6.45, 7) is 3.15. The van der Waals surface area contributed by atoms with Crippen LogP contribution in [0.1, 0.15) is 37.4 Å². The predicted octanol–water partition coefficient (Wildman–Crippen LogP) is 0.864. The first-order valence-electron chi connectivity index (χ1n) is 8.45. The predicted molar refractivity (Wildman–Crippen MR) is 90.6 cm³/mol. The van der Waals surface area contributed by atoms with E-state index in [9.17, 15) is 8.42 Å². The maximum Gasteiger partial charge on any atom is 0.211 e. The Morgan fingerprint density at radius 1 is 1.04 bits per heavy atom. The first-order valence-corrected chi connectivity index (χ1v) is 10.3. The second-order valence-corrected chi connectivity index (χ2v) is 8.63. The van der Waals surface area contributed by atoms with Gasteiger partial charge in [0.25, 0.3) is 0 Å². The third-order valence-electron chi connectivity index (χ3n) is 4.99. The van der Waals surface area contributed by atoms with Crippen molar-refractivity contribution in [1.82, 2.24) is 24.1 Å². The van der Waals surface area contributed by atoms with Crippen molar-refractivity contribution in [1.29, 1.82) is 0 Å². The van der Waals surface area contributed by atoms with Crippen LogP contribution in [0, 0.1) is 0 Å². The van der Waals surface area contributed by atoms with Crippen LogP contribution in [-0.2, 0) is 10.0 Å². The first-order chi connectivity index (χ1) is 11.5. The molecule has 0 N–H and O–H groups in total. The van der Waals surface area contributed by atoms with Crippen LogP contribution in [-0.4, -0.2) is 65.0 Å². The Morgan fingerprint density at radius 2 is 1.75 bits per heavy atom. The number of anilines is 1. The Kier molecular flexibility index (Phi) is 3.92. The molecule has 130 valence electrons. The molecule has 0 aliphatic carbocycles. The maximum absolute atomic E-state index is 11.7. The molecule has 0 atom stereocenters. The number of hydrogen-bond donors (Lipinski definition) is 0. The van der Waals surface area contributed by atoms with Gasteiger partial charge in [-0.1, -0.05) is 0 Å². The third-order valence-corrected chi connectivity index (χ3v) is 6.29. The summed E-state index contributed by atoms with van der Waals surface area (Å²) in [5.74, 6) is 2.01. The normalized spacial score (nSPS) is 21.0. The Labute approximate surface area is 141 Å². The SMILES string of the molecule is CS(=O)(=O)N1CCC(c2nnc3ccc(N4CCCC4)nn23)CC1. The van der Waals surface area contributed by atoms with Gasteiger partial charge < -0.3 is 4.90 Å². The number of sulfonamides is 1. The lowest BCUT2D eigenvalue weighted by Gasteiger charge is -2.29. The van der Waals surface area contributed by atoms with Gasteiger partial charge in [-0.25, -0.2) is 12.7 Å². The minimum atomic E-state index is -3.11. The number of rotatable bonds is 3. The molecule has 4 rings (SSSR count). The van der Waals surface area contributed by atoms with Gasteiger partial charge in [0, 0.05) is 32.1 Å². The molecule has 2 aromatic heterocycles. The largest absolute Gasteiger partial charge is 0.355 e. The standard InChI is InChI=1S/C15H22N6O2S/c1-24(22,23)20-10-6-12(7-11-20)15-17-16-13-4-5-14(18-21(13)15)19-8-2-3-9-19/h4-5,12H,2-3,6-11H2,1H3. The van der Waals surface area contributed by atoms with E-state index in [0.29, 0.717) is 13.1 Å². The summed E-state index contributed by atoms with van der Waals surface area (Å²) in [7, 11) is -3.11. The van der Waals surface area contributed by atoms with Gasteiger partial charge in [-0.2, -0.15) is 4.52 Å². The van der Waals surface area contributed by atoms with Crippen LogP contribution < -0.4 is 4.90 Å². The molecule has 0 aromatic carbocycles. The van der Waals surface area contributed by atoms with E-state index in [1.54, 1.807) is 0 Å². The molecule has 0 amide bonds. The van der Waals surface area contributed by atoms with Crippen molar-refractivity contribution in [2.75, 3.05) is 37.3 Å². The summed E-state index contributed by atoms with van der Waals surface area (Å²) in [4.78, 5) is 2.29. The van der Waals surface area contributed by atoms with Crippen LogP contribution in [0.15, 0.2) is 12.1 Å². The Bertz CT molecular complexity index is 835. The second kappa shape index (κ2) is 5.96. The van der Waals surface area contributed by atoms with Gasteiger partial charge in [0.05, 0.1) is 6.26 Å². The quantitative estimate of drug-likeness (QED) is 0.816. The molecule has 2 aromatic rings. The van der Waals surface area contributed by atoms with Crippen molar-refractivity contribution in [3.8, 4) is 0 Å². The number of fused-ring (bicyclic) bond motifs is 1. The number of aromatic nitrogens is 4. The van der Waals surface area contributed by atoms with Gasteiger partial charge in [-0.05, 0) is 37.8 Å². The van der Waals surface area contributed by atoms with Gasteiger partial charge in [0.1, 0.15) is 5.82 Å². The number of nitrogens with zero attached hydrogens (tertiary/aromatic N) is 6. The smallest absolute Gasteiger partial charge is 0.211 e. The monoisotopic (exact) mass is 350 g/mol. The Hall–Kier alpha value is -1.74. The molecular formula is C15H22N6O2S. The third kappa shape index (κ3) is 2.86. The van der Waals surface area contributed by atoms with Crippen LogP contribution in [0.3, 0.4) is 0 Å². The summed E-state index contributed by atoms with van der Waals surface area (Å²) < 4.78 is 26.7. The highest BCUT2D eigenvalue weighted by molar-refractivity contribution is 7.88. The summed E-state index contributed by atoms with van der Waals surface area (Å²) in [6, 6.07) is 3.97.